The van der Waals surface area contributed by atoms with Crippen molar-refractivity contribution < 1.29 is 18.8 Å². The molecule has 3 amide bonds. The van der Waals surface area contributed by atoms with Gasteiger partial charge >= 0.3 is 0 Å². The summed E-state index contributed by atoms with van der Waals surface area (Å²) in [7, 11) is 0. The number of nitrogen functional groups attached to an aromatic ring is 1. The van der Waals surface area contributed by atoms with E-state index >= 15 is 0 Å². The number of halogens is 1. The summed E-state index contributed by atoms with van der Waals surface area (Å²) in [4.78, 5) is 44.3. The van der Waals surface area contributed by atoms with Gasteiger partial charge in [-0.25, -0.2) is 4.39 Å². The van der Waals surface area contributed by atoms with Crippen molar-refractivity contribution >= 4 is 51.5 Å². The maximum Gasteiger partial charge on any atom is 0.273 e. The minimum absolute atomic E-state index is 0.0242. The first-order valence-corrected chi connectivity index (χ1v) is 12.6. The second-order valence-corrected chi connectivity index (χ2v) is 9.46. The minimum Gasteiger partial charge on any atom is -0.395 e. The van der Waals surface area contributed by atoms with Crippen LogP contribution in [0.4, 0.5) is 15.8 Å². The first kappa shape index (κ1) is 25.6. The molecule has 3 aromatic carbocycles. The molecule has 6 N–H and O–H groups in total. The first-order valence-electron chi connectivity index (χ1n) is 11.9. The fourth-order valence-electron chi connectivity index (χ4n) is 4.32. The molecule has 1 atom stereocenters. The van der Waals surface area contributed by atoms with E-state index in [1.807, 2.05) is 24.3 Å². The van der Waals surface area contributed by atoms with Crippen LogP contribution >= 0.6 is 11.5 Å². The SMILES string of the molecule is NC(=O)c1nsc(C(=O)N(c2ccccc2)C(C(=O)NCc2ccc(F)cc2)c2c[nH]c3ccccc23)c1N. The summed E-state index contributed by atoms with van der Waals surface area (Å²) in [6.45, 7) is 0.101. The summed E-state index contributed by atoms with van der Waals surface area (Å²) in [5.41, 5.74) is 13.5. The monoisotopic (exact) mass is 542 g/mol. The summed E-state index contributed by atoms with van der Waals surface area (Å²) in [6, 6.07) is 20.6. The van der Waals surface area contributed by atoms with Gasteiger partial charge in [0, 0.05) is 34.9 Å². The van der Waals surface area contributed by atoms with Gasteiger partial charge < -0.3 is 21.8 Å². The summed E-state index contributed by atoms with van der Waals surface area (Å²) in [5.74, 6) is -2.37. The van der Waals surface area contributed by atoms with E-state index in [-0.39, 0.29) is 28.6 Å². The number of benzene rings is 3. The molecule has 2 aromatic heterocycles. The van der Waals surface area contributed by atoms with Gasteiger partial charge in [0.15, 0.2) is 5.69 Å². The molecule has 5 rings (SSSR count). The van der Waals surface area contributed by atoms with E-state index in [0.717, 1.165) is 22.4 Å². The van der Waals surface area contributed by atoms with Crippen LogP contribution < -0.4 is 21.7 Å². The topological polar surface area (TPSA) is 147 Å². The highest BCUT2D eigenvalue weighted by Crippen LogP contribution is 2.35. The van der Waals surface area contributed by atoms with E-state index < -0.39 is 23.8 Å². The zero-order valence-electron chi connectivity index (χ0n) is 20.4. The Morgan fingerprint density at radius 3 is 2.38 bits per heavy atom. The second kappa shape index (κ2) is 10.8. The molecule has 0 bridgehead atoms. The van der Waals surface area contributed by atoms with E-state index in [0.29, 0.717) is 16.8 Å². The van der Waals surface area contributed by atoms with Gasteiger partial charge in [-0.05, 0) is 47.4 Å². The van der Waals surface area contributed by atoms with Gasteiger partial charge in [0.1, 0.15) is 16.7 Å². The third-order valence-corrected chi connectivity index (χ3v) is 7.06. The Kier molecular flexibility index (Phi) is 7.06. The summed E-state index contributed by atoms with van der Waals surface area (Å²) < 4.78 is 17.4. The number of carbonyl (C=O) groups is 3. The van der Waals surface area contributed by atoms with Gasteiger partial charge in [0.25, 0.3) is 11.8 Å². The molecule has 196 valence electrons. The van der Waals surface area contributed by atoms with Crippen LogP contribution in [0, 0.1) is 5.82 Å². The largest absolute Gasteiger partial charge is 0.395 e. The van der Waals surface area contributed by atoms with Crippen LogP contribution in [0.3, 0.4) is 0 Å². The van der Waals surface area contributed by atoms with Gasteiger partial charge in [-0.2, -0.15) is 4.37 Å². The molecule has 5 aromatic rings. The Morgan fingerprint density at radius 2 is 1.69 bits per heavy atom. The quantitative estimate of drug-likeness (QED) is 0.233. The van der Waals surface area contributed by atoms with Gasteiger partial charge in [-0.15, -0.1) is 0 Å². The van der Waals surface area contributed by atoms with Crippen LogP contribution in [-0.2, 0) is 11.3 Å². The van der Waals surface area contributed by atoms with Crippen LogP contribution in [-0.4, -0.2) is 27.1 Å². The Bertz CT molecular complexity index is 1670. The van der Waals surface area contributed by atoms with Crippen LogP contribution in [0.15, 0.2) is 85.1 Å². The highest BCUT2D eigenvalue weighted by Gasteiger charge is 2.37. The highest BCUT2D eigenvalue weighted by molar-refractivity contribution is 7.09. The molecule has 0 saturated carbocycles. The summed E-state index contributed by atoms with van der Waals surface area (Å²) >= 11 is 0.735. The van der Waals surface area contributed by atoms with Gasteiger partial charge in [-0.3, -0.25) is 19.3 Å². The standard InChI is InChI=1S/C28H23FN6O3S/c29-17-12-10-16(11-13-17)14-33-27(37)24(20-15-32-21-9-5-4-8-19(20)21)35(18-6-2-1-3-7-18)28(38)25-22(30)23(26(31)36)34-39-25/h1-13,15,24,32H,14,30H2,(H2,31,36)(H,33,37). The van der Waals surface area contributed by atoms with Crippen molar-refractivity contribution in [3.8, 4) is 0 Å². The third kappa shape index (κ3) is 5.07. The molecule has 0 spiro atoms. The van der Waals surface area contributed by atoms with Crippen LogP contribution in [0.1, 0.15) is 37.3 Å². The van der Waals surface area contributed by atoms with Crippen molar-refractivity contribution in [2.45, 2.75) is 12.6 Å². The Morgan fingerprint density at radius 1 is 1.00 bits per heavy atom. The summed E-state index contributed by atoms with van der Waals surface area (Å²) in [6.07, 6.45) is 1.68. The first-order chi connectivity index (χ1) is 18.8. The smallest absolute Gasteiger partial charge is 0.273 e. The number of rotatable bonds is 8. The maximum absolute atomic E-state index is 14.1. The van der Waals surface area contributed by atoms with Crippen LogP contribution in [0.2, 0.25) is 0 Å². The normalized spacial score (nSPS) is 11.7. The second-order valence-electron chi connectivity index (χ2n) is 8.69. The zero-order chi connectivity index (χ0) is 27.5. The Hall–Kier alpha value is -5.03. The van der Waals surface area contributed by atoms with E-state index in [4.69, 9.17) is 11.5 Å². The van der Waals surface area contributed by atoms with Crippen molar-refractivity contribution in [1.82, 2.24) is 14.7 Å². The van der Waals surface area contributed by atoms with Crippen molar-refractivity contribution in [3.05, 3.63) is 113 Å². The van der Waals surface area contributed by atoms with E-state index in [9.17, 15) is 18.8 Å². The molecule has 0 fully saturated rings. The van der Waals surface area contributed by atoms with Crippen molar-refractivity contribution in [3.63, 3.8) is 0 Å². The third-order valence-electron chi connectivity index (χ3n) is 6.21. The number of H-pyrrole nitrogens is 1. The molecular weight excluding hydrogens is 519 g/mol. The average molecular weight is 543 g/mol. The molecule has 0 saturated heterocycles. The van der Waals surface area contributed by atoms with Gasteiger partial charge in [0.2, 0.25) is 5.91 Å². The highest BCUT2D eigenvalue weighted by atomic mass is 32.1. The van der Waals surface area contributed by atoms with Crippen molar-refractivity contribution in [2.24, 2.45) is 5.73 Å². The molecule has 2 heterocycles. The molecule has 11 heteroatoms. The lowest BCUT2D eigenvalue weighted by Gasteiger charge is -2.31. The van der Waals surface area contributed by atoms with Crippen LogP contribution in [0.25, 0.3) is 10.9 Å². The number of nitrogens with two attached hydrogens (primary N) is 2. The number of aromatic nitrogens is 2. The van der Waals surface area contributed by atoms with Gasteiger partial charge in [-0.1, -0.05) is 48.5 Å². The van der Waals surface area contributed by atoms with E-state index in [1.165, 1.54) is 17.0 Å². The molecule has 0 aliphatic carbocycles. The molecule has 0 aliphatic heterocycles. The maximum atomic E-state index is 14.1. The fraction of sp³-hybridized carbons (Fsp3) is 0.0714. The molecule has 0 radical (unpaired) electrons. The number of hydrogen-bond donors (Lipinski definition) is 4. The number of hydrogen-bond acceptors (Lipinski definition) is 6. The lowest BCUT2D eigenvalue weighted by molar-refractivity contribution is -0.122. The molecule has 1 unspecified atom stereocenters. The average Bonchev–Trinajstić information content (AvgIpc) is 3.55. The predicted molar refractivity (Wildman–Crippen MR) is 148 cm³/mol. The minimum atomic E-state index is -1.16. The Labute approximate surface area is 226 Å². The number of amides is 3. The molecule has 9 nitrogen and oxygen atoms in total. The van der Waals surface area contributed by atoms with E-state index in [2.05, 4.69) is 14.7 Å². The molecule has 0 aliphatic rings. The van der Waals surface area contributed by atoms with Gasteiger partial charge in [0.05, 0.1) is 5.69 Å². The van der Waals surface area contributed by atoms with Crippen molar-refractivity contribution in [1.29, 1.82) is 0 Å². The number of nitrogens with zero attached hydrogens (tertiary/aromatic N) is 2. The molecular formula is C28H23FN6O3S. The Balaban J connectivity index is 1.63. The number of nitrogens with one attached hydrogen (secondary N) is 2. The number of para-hydroxylation sites is 2. The van der Waals surface area contributed by atoms with E-state index in [1.54, 1.807) is 48.7 Å². The summed E-state index contributed by atoms with van der Waals surface area (Å²) in [5, 5.41) is 3.62. The lowest BCUT2D eigenvalue weighted by Crippen LogP contribution is -2.44. The number of aromatic amines is 1. The number of carbonyl (C=O) groups excluding carboxylic acids is 3. The number of anilines is 2. The van der Waals surface area contributed by atoms with Crippen molar-refractivity contribution in [2.75, 3.05) is 10.6 Å². The molecule has 39 heavy (non-hydrogen) atoms. The fourth-order valence-corrected chi connectivity index (χ4v) is 5.06. The number of fused-ring (bicyclic) bond motifs is 1. The zero-order valence-corrected chi connectivity index (χ0v) is 21.2. The predicted octanol–water partition coefficient (Wildman–Crippen LogP) is 4.15. The van der Waals surface area contributed by atoms with Crippen LogP contribution in [0.5, 0.6) is 0 Å². The number of primary amides is 1. The lowest BCUT2D eigenvalue weighted by atomic mass is 10.0.